The lowest BCUT2D eigenvalue weighted by molar-refractivity contribution is 0.346. The predicted octanol–water partition coefficient (Wildman–Crippen LogP) is 3.97. The predicted molar refractivity (Wildman–Crippen MR) is 114 cm³/mol. The summed E-state index contributed by atoms with van der Waals surface area (Å²) >= 11 is 1.23. The number of aliphatic imine (C=N–C) groups is 1. The van der Waals surface area contributed by atoms with Crippen molar-refractivity contribution in [1.29, 1.82) is 0 Å². The molecule has 0 radical (unpaired) electrons. The second-order valence-electron chi connectivity index (χ2n) is 6.90. The highest BCUT2D eigenvalue weighted by molar-refractivity contribution is 8.16. The third kappa shape index (κ3) is 4.50. The molecule has 2 aliphatic rings. The molecule has 0 amide bonds. The molecular weight excluding hydrogens is 430 g/mol. The van der Waals surface area contributed by atoms with Gasteiger partial charge in [0.15, 0.2) is 11.0 Å². The Labute approximate surface area is 178 Å². The molecule has 4 rings (SSSR count). The normalized spacial score (nSPS) is 19.1. The Hall–Kier alpha value is -2.43. The zero-order valence-corrected chi connectivity index (χ0v) is 17.6. The van der Waals surface area contributed by atoms with Crippen LogP contribution in [0.15, 0.2) is 57.8 Å². The van der Waals surface area contributed by atoms with Gasteiger partial charge in [0.05, 0.1) is 10.6 Å². The van der Waals surface area contributed by atoms with Crippen LogP contribution in [0, 0.1) is 11.6 Å². The summed E-state index contributed by atoms with van der Waals surface area (Å²) in [6, 6.07) is 9.86. The van der Waals surface area contributed by atoms with Crippen LogP contribution in [-0.2, 0) is 10.0 Å². The number of piperidine rings is 1. The fourth-order valence-corrected chi connectivity index (χ4v) is 5.43. The number of rotatable bonds is 4. The van der Waals surface area contributed by atoms with Gasteiger partial charge in [-0.25, -0.2) is 22.2 Å². The van der Waals surface area contributed by atoms with Gasteiger partial charge < -0.3 is 0 Å². The number of hydrazine groups is 1. The van der Waals surface area contributed by atoms with Crippen molar-refractivity contribution >= 4 is 38.3 Å². The first-order valence-electron chi connectivity index (χ1n) is 9.47. The molecule has 0 unspecified atom stereocenters. The first-order chi connectivity index (χ1) is 14.4. The van der Waals surface area contributed by atoms with Crippen molar-refractivity contribution in [2.45, 2.75) is 24.2 Å². The average Bonchev–Trinajstić information content (AvgIpc) is 2.77. The molecule has 0 aromatic heterocycles. The topological polar surface area (TPSA) is 73.8 Å². The maximum Gasteiger partial charge on any atom is 0.243 e. The summed E-state index contributed by atoms with van der Waals surface area (Å²) in [5.41, 5.74) is 7.36. The van der Waals surface area contributed by atoms with E-state index in [0.29, 0.717) is 18.3 Å². The second kappa shape index (κ2) is 8.75. The molecule has 10 heteroatoms. The maximum atomic E-state index is 13.7. The Bertz CT molecular complexity index is 1100. The van der Waals surface area contributed by atoms with Crippen LogP contribution in [0.5, 0.6) is 0 Å². The molecule has 158 valence electrons. The summed E-state index contributed by atoms with van der Waals surface area (Å²) in [7, 11) is -3.47. The van der Waals surface area contributed by atoms with Crippen molar-refractivity contribution in [2.75, 3.05) is 13.1 Å². The molecule has 0 aliphatic carbocycles. The summed E-state index contributed by atoms with van der Waals surface area (Å²) in [5.74, 6) is -1.41. The van der Waals surface area contributed by atoms with Crippen molar-refractivity contribution in [3.05, 3.63) is 65.1 Å². The first-order valence-corrected chi connectivity index (χ1v) is 11.8. The molecule has 2 N–H and O–H groups in total. The molecule has 1 saturated heterocycles. The number of thioether (sulfide) groups is 1. The highest BCUT2D eigenvalue weighted by Crippen LogP contribution is 2.26. The number of benzene rings is 2. The van der Waals surface area contributed by atoms with E-state index in [0.717, 1.165) is 42.7 Å². The summed E-state index contributed by atoms with van der Waals surface area (Å²) in [4.78, 5) is 4.40. The Morgan fingerprint density at radius 2 is 1.70 bits per heavy atom. The molecular formula is C20H20F2N4O2S2. The lowest BCUT2D eigenvalue weighted by atomic mass is 10.2. The van der Waals surface area contributed by atoms with Crippen molar-refractivity contribution in [1.82, 2.24) is 15.2 Å². The van der Waals surface area contributed by atoms with Gasteiger partial charge in [0.25, 0.3) is 0 Å². The van der Waals surface area contributed by atoms with Crippen LogP contribution in [0.2, 0.25) is 0 Å². The Kier molecular flexibility index (Phi) is 6.07. The monoisotopic (exact) mass is 450 g/mol. The highest BCUT2D eigenvalue weighted by atomic mass is 32.2. The number of nitrogens with zero attached hydrogens (tertiary/aromatic N) is 2. The summed E-state index contributed by atoms with van der Waals surface area (Å²) < 4.78 is 53.8. The molecule has 6 nitrogen and oxygen atoms in total. The summed E-state index contributed by atoms with van der Waals surface area (Å²) in [6.07, 6.45) is 2.85. The lowest BCUT2D eigenvalue weighted by Crippen LogP contribution is -2.37. The molecule has 2 aliphatic heterocycles. The van der Waals surface area contributed by atoms with E-state index in [4.69, 9.17) is 0 Å². The van der Waals surface area contributed by atoms with Gasteiger partial charge in [-0.1, -0.05) is 30.3 Å². The highest BCUT2D eigenvalue weighted by Gasteiger charge is 2.25. The number of halogens is 2. The van der Waals surface area contributed by atoms with Gasteiger partial charge in [0.2, 0.25) is 10.0 Å². The molecule has 2 heterocycles. The van der Waals surface area contributed by atoms with E-state index < -0.39 is 21.7 Å². The molecule has 0 spiro atoms. The van der Waals surface area contributed by atoms with E-state index in [1.807, 2.05) is 0 Å². The minimum absolute atomic E-state index is 0.0253. The minimum Gasteiger partial charge on any atom is -0.298 e. The lowest BCUT2D eigenvalue weighted by Gasteiger charge is -2.26. The quantitative estimate of drug-likeness (QED) is 0.738. The van der Waals surface area contributed by atoms with E-state index in [9.17, 15) is 17.2 Å². The third-order valence-corrected chi connectivity index (χ3v) is 7.53. The zero-order valence-electron chi connectivity index (χ0n) is 15.9. The molecule has 0 bridgehead atoms. The van der Waals surface area contributed by atoms with Crippen molar-refractivity contribution < 1.29 is 17.2 Å². The van der Waals surface area contributed by atoms with Gasteiger partial charge >= 0.3 is 0 Å². The molecule has 2 aromatic rings. The smallest absolute Gasteiger partial charge is 0.243 e. The van der Waals surface area contributed by atoms with Crippen LogP contribution in [0.1, 0.15) is 24.8 Å². The van der Waals surface area contributed by atoms with Crippen molar-refractivity contribution in [3.63, 3.8) is 0 Å². The fraction of sp³-hybridized carbons (Fsp3) is 0.250. The van der Waals surface area contributed by atoms with Gasteiger partial charge in [0.1, 0.15) is 11.5 Å². The van der Waals surface area contributed by atoms with E-state index in [1.54, 1.807) is 34.0 Å². The zero-order chi connectivity index (χ0) is 21.1. The Morgan fingerprint density at radius 1 is 0.967 bits per heavy atom. The van der Waals surface area contributed by atoms with Crippen LogP contribution in [0.3, 0.4) is 0 Å². The standard InChI is InChI=1S/C20H20F2N4O2S2/c21-15-6-9-18(17(22)12-15)23-20-25-24-19(13-29-20)14-4-7-16(8-5-14)30(27,28)26-10-2-1-3-11-26/h4-9,12-13,24H,1-3,10-11H2,(H,23,25). The van der Waals surface area contributed by atoms with E-state index in [-0.39, 0.29) is 10.6 Å². The van der Waals surface area contributed by atoms with Crippen LogP contribution in [-0.4, -0.2) is 31.0 Å². The van der Waals surface area contributed by atoms with Gasteiger partial charge in [0, 0.05) is 30.1 Å². The molecule has 0 atom stereocenters. The van der Waals surface area contributed by atoms with Crippen LogP contribution < -0.4 is 10.9 Å². The number of sulfonamides is 1. The third-order valence-electron chi connectivity index (χ3n) is 4.84. The van der Waals surface area contributed by atoms with Gasteiger partial charge in [-0.15, -0.1) is 0 Å². The number of hydrogen-bond donors (Lipinski definition) is 2. The van der Waals surface area contributed by atoms with E-state index in [2.05, 4.69) is 15.8 Å². The first kappa shape index (κ1) is 20.8. The minimum atomic E-state index is -3.47. The van der Waals surface area contributed by atoms with Crippen molar-refractivity contribution in [2.24, 2.45) is 4.99 Å². The Balaban J connectivity index is 1.47. The van der Waals surface area contributed by atoms with E-state index in [1.165, 1.54) is 17.8 Å². The molecule has 2 aromatic carbocycles. The number of amidine groups is 1. The molecule has 1 fully saturated rings. The van der Waals surface area contributed by atoms with Gasteiger partial charge in [-0.2, -0.15) is 4.31 Å². The Morgan fingerprint density at radius 3 is 2.33 bits per heavy atom. The van der Waals surface area contributed by atoms with Gasteiger partial charge in [-0.3, -0.25) is 10.9 Å². The van der Waals surface area contributed by atoms with Gasteiger partial charge in [-0.05, 0) is 37.1 Å². The summed E-state index contributed by atoms with van der Waals surface area (Å²) in [6.45, 7) is 1.13. The second-order valence-corrected chi connectivity index (χ2v) is 9.70. The largest absolute Gasteiger partial charge is 0.298 e. The SMILES string of the molecule is O=S(=O)(c1ccc(C2=CSC(=Nc3ccc(F)cc3F)NN2)cc1)N1CCCCC1. The maximum absolute atomic E-state index is 13.7. The average molecular weight is 451 g/mol. The van der Waals surface area contributed by atoms with E-state index >= 15 is 0 Å². The molecule has 30 heavy (non-hydrogen) atoms. The molecule has 0 saturated carbocycles. The van der Waals surface area contributed by atoms with Crippen LogP contribution in [0.25, 0.3) is 5.70 Å². The fourth-order valence-electron chi connectivity index (χ4n) is 3.23. The van der Waals surface area contributed by atoms with Crippen LogP contribution in [0.4, 0.5) is 14.5 Å². The summed E-state index contributed by atoms with van der Waals surface area (Å²) in [5, 5.41) is 2.18. The number of hydrogen-bond acceptors (Lipinski definition) is 5. The van der Waals surface area contributed by atoms with Crippen molar-refractivity contribution in [3.8, 4) is 0 Å². The number of nitrogens with one attached hydrogen (secondary N) is 2. The van der Waals surface area contributed by atoms with Crippen LogP contribution >= 0.6 is 11.8 Å².